The van der Waals surface area contributed by atoms with E-state index in [2.05, 4.69) is 29.1 Å². The van der Waals surface area contributed by atoms with E-state index in [9.17, 15) is 4.79 Å². The number of para-hydroxylation sites is 2. The number of hydrogen-bond donors (Lipinski definition) is 1. The fraction of sp³-hybridized carbons (Fsp3) is 0.333. The summed E-state index contributed by atoms with van der Waals surface area (Å²) in [7, 11) is 2.11. The van der Waals surface area contributed by atoms with Crippen molar-refractivity contribution in [2.45, 2.75) is 39.9 Å². The molecule has 6 nitrogen and oxygen atoms in total. The van der Waals surface area contributed by atoms with Gasteiger partial charge < -0.3 is 4.90 Å². The summed E-state index contributed by atoms with van der Waals surface area (Å²) in [6.07, 6.45) is 0.890. The Morgan fingerprint density at radius 1 is 1.03 bits per heavy atom. The van der Waals surface area contributed by atoms with Crippen molar-refractivity contribution >= 4 is 22.6 Å². The Morgan fingerprint density at radius 3 is 2.35 bits per heavy atom. The van der Waals surface area contributed by atoms with Gasteiger partial charge in [0.2, 0.25) is 0 Å². The molecular weight excluding hydrogens is 410 g/mol. The summed E-state index contributed by atoms with van der Waals surface area (Å²) in [5.74, 6) is 0. The highest BCUT2D eigenvalue weighted by Gasteiger charge is 2.14. The number of fused-ring (bicyclic) bond motifs is 1. The Kier molecular flexibility index (Phi) is 6.30. The number of halogens is 1. The first-order chi connectivity index (χ1) is 14.9. The van der Waals surface area contributed by atoms with E-state index >= 15 is 0 Å². The van der Waals surface area contributed by atoms with Crippen LogP contribution in [-0.4, -0.2) is 37.8 Å². The Labute approximate surface area is 187 Å². The number of hydrogen-bond acceptors (Lipinski definition) is 3. The van der Waals surface area contributed by atoms with Gasteiger partial charge in [-0.1, -0.05) is 35.9 Å². The molecule has 0 radical (unpaired) electrons. The zero-order valence-corrected chi connectivity index (χ0v) is 19.0. The van der Waals surface area contributed by atoms with Crippen molar-refractivity contribution in [1.29, 1.82) is 0 Å². The number of nitrogens with zero attached hydrogens (tertiary/aromatic N) is 4. The molecule has 0 fully saturated rings. The lowest BCUT2D eigenvalue weighted by Crippen LogP contribution is -2.27. The van der Waals surface area contributed by atoms with Gasteiger partial charge in [-0.05, 0) is 63.7 Å². The monoisotopic (exact) mass is 437 g/mol. The van der Waals surface area contributed by atoms with Crippen LogP contribution < -0.4 is 5.69 Å². The molecule has 0 atom stereocenters. The molecule has 2 heterocycles. The molecule has 4 aromatic rings. The molecule has 0 bridgehead atoms. The van der Waals surface area contributed by atoms with E-state index in [4.69, 9.17) is 11.6 Å². The second-order valence-electron chi connectivity index (χ2n) is 8.14. The Hall–Kier alpha value is -2.83. The number of imidazole rings is 1. The number of nitrogens with one attached hydrogen (secondary N) is 1. The summed E-state index contributed by atoms with van der Waals surface area (Å²) in [5, 5.41) is 8.02. The van der Waals surface area contributed by atoms with Crippen LogP contribution in [0.25, 0.3) is 11.0 Å². The van der Waals surface area contributed by atoms with Crippen LogP contribution in [-0.2, 0) is 19.6 Å². The summed E-state index contributed by atoms with van der Waals surface area (Å²) < 4.78 is 3.74. The second kappa shape index (κ2) is 9.12. The summed E-state index contributed by atoms with van der Waals surface area (Å²) >= 11 is 6.01. The van der Waals surface area contributed by atoms with Gasteiger partial charge in [-0.15, -0.1) is 0 Å². The van der Waals surface area contributed by atoms with Crippen LogP contribution in [0.5, 0.6) is 0 Å². The molecule has 4 rings (SSSR count). The van der Waals surface area contributed by atoms with Crippen LogP contribution in [0.3, 0.4) is 0 Å². The summed E-state index contributed by atoms with van der Waals surface area (Å²) in [6.45, 7) is 7.04. The molecule has 162 valence electrons. The zero-order valence-electron chi connectivity index (χ0n) is 18.2. The van der Waals surface area contributed by atoms with E-state index < -0.39 is 0 Å². The lowest BCUT2D eigenvalue weighted by Gasteiger charge is -2.17. The van der Waals surface area contributed by atoms with Crippen molar-refractivity contribution in [2.75, 3.05) is 13.6 Å². The maximum atomic E-state index is 13.3. The van der Waals surface area contributed by atoms with Crippen LogP contribution in [0.4, 0.5) is 0 Å². The molecule has 0 spiro atoms. The van der Waals surface area contributed by atoms with Crippen LogP contribution >= 0.6 is 11.6 Å². The number of aromatic amines is 1. The van der Waals surface area contributed by atoms with Crippen molar-refractivity contribution in [1.82, 2.24) is 24.2 Å². The normalized spacial score (nSPS) is 11.6. The SMILES string of the molecule is Cc1n[nH]c(C)c1CN(C)CCCn1c(=O)n(Cc2ccc(Cl)cc2)c2ccccc21. The third kappa shape index (κ3) is 4.60. The average Bonchev–Trinajstić information content (AvgIpc) is 3.21. The zero-order chi connectivity index (χ0) is 22.0. The van der Waals surface area contributed by atoms with Gasteiger partial charge in [0.1, 0.15) is 0 Å². The van der Waals surface area contributed by atoms with E-state index in [1.54, 1.807) is 0 Å². The largest absolute Gasteiger partial charge is 0.329 e. The third-order valence-corrected chi connectivity index (χ3v) is 6.06. The molecule has 7 heteroatoms. The molecular formula is C24H28ClN5O. The molecule has 0 aliphatic rings. The predicted molar refractivity (Wildman–Crippen MR) is 126 cm³/mol. The van der Waals surface area contributed by atoms with E-state index in [-0.39, 0.29) is 5.69 Å². The van der Waals surface area contributed by atoms with Gasteiger partial charge in [-0.25, -0.2) is 4.79 Å². The molecule has 0 unspecified atom stereocenters. The smallest absolute Gasteiger partial charge is 0.302 e. The van der Waals surface area contributed by atoms with Gasteiger partial charge in [0.25, 0.3) is 0 Å². The lowest BCUT2D eigenvalue weighted by atomic mass is 10.2. The van der Waals surface area contributed by atoms with Gasteiger partial charge in [-0.2, -0.15) is 5.10 Å². The Morgan fingerprint density at radius 2 is 1.71 bits per heavy atom. The van der Waals surface area contributed by atoms with Crippen molar-refractivity contribution in [2.24, 2.45) is 0 Å². The van der Waals surface area contributed by atoms with Crippen LogP contribution in [0.2, 0.25) is 5.02 Å². The molecule has 0 saturated heterocycles. The number of rotatable bonds is 8. The van der Waals surface area contributed by atoms with Crippen molar-refractivity contribution < 1.29 is 0 Å². The first-order valence-corrected chi connectivity index (χ1v) is 10.9. The first-order valence-electron chi connectivity index (χ1n) is 10.6. The standard InChI is InChI=1S/C24H28ClN5O/c1-17-21(18(2)27-26-17)16-28(3)13-6-14-29-22-7-4-5-8-23(22)30(24(29)31)15-19-9-11-20(25)12-10-19/h4-5,7-12H,6,13-16H2,1-3H3,(H,26,27). The van der Waals surface area contributed by atoms with Gasteiger partial charge >= 0.3 is 5.69 Å². The van der Waals surface area contributed by atoms with E-state index in [0.29, 0.717) is 18.1 Å². The number of aryl methyl sites for hydroxylation is 3. The highest BCUT2D eigenvalue weighted by atomic mass is 35.5. The van der Waals surface area contributed by atoms with Crippen LogP contribution in [0.1, 0.15) is 28.9 Å². The second-order valence-corrected chi connectivity index (χ2v) is 8.58. The topological polar surface area (TPSA) is 58.9 Å². The molecule has 0 aliphatic heterocycles. The predicted octanol–water partition coefficient (Wildman–Crippen LogP) is 4.37. The summed E-state index contributed by atoms with van der Waals surface area (Å²) in [5.41, 5.74) is 6.43. The number of benzene rings is 2. The lowest BCUT2D eigenvalue weighted by molar-refractivity contribution is 0.313. The van der Waals surface area contributed by atoms with Crippen molar-refractivity contribution in [3.8, 4) is 0 Å². The molecule has 2 aromatic carbocycles. The first kappa shape index (κ1) is 21.4. The summed E-state index contributed by atoms with van der Waals surface area (Å²) in [6, 6.07) is 15.7. The van der Waals surface area contributed by atoms with E-state index in [0.717, 1.165) is 47.5 Å². The van der Waals surface area contributed by atoms with Crippen molar-refractivity contribution in [3.05, 3.63) is 86.6 Å². The third-order valence-electron chi connectivity index (χ3n) is 5.81. The number of aromatic nitrogens is 4. The quantitative estimate of drug-likeness (QED) is 0.445. The minimum atomic E-state index is 0.0281. The molecule has 0 saturated carbocycles. The average molecular weight is 438 g/mol. The Balaban J connectivity index is 1.49. The maximum Gasteiger partial charge on any atom is 0.329 e. The van der Waals surface area contributed by atoms with Gasteiger partial charge in [0.05, 0.1) is 23.3 Å². The van der Waals surface area contributed by atoms with Crippen molar-refractivity contribution in [3.63, 3.8) is 0 Å². The maximum absolute atomic E-state index is 13.3. The highest BCUT2D eigenvalue weighted by Crippen LogP contribution is 2.17. The van der Waals surface area contributed by atoms with Gasteiger partial charge in [0.15, 0.2) is 0 Å². The minimum Gasteiger partial charge on any atom is -0.302 e. The molecule has 0 aliphatic carbocycles. The fourth-order valence-electron chi connectivity index (χ4n) is 4.07. The summed E-state index contributed by atoms with van der Waals surface area (Å²) in [4.78, 5) is 15.5. The van der Waals surface area contributed by atoms with E-state index in [1.807, 2.05) is 64.6 Å². The minimum absolute atomic E-state index is 0.0281. The highest BCUT2D eigenvalue weighted by molar-refractivity contribution is 6.30. The Bertz CT molecular complexity index is 1220. The fourth-order valence-corrected chi connectivity index (χ4v) is 4.19. The van der Waals surface area contributed by atoms with Gasteiger partial charge in [-0.3, -0.25) is 14.2 Å². The number of H-pyrrole nitrogens is 1. The molecule has 2 aromatic heterocycles. The van der Waals surface area contributed by atoms with Crippen LogP contribution in [0.15, 0.2) is 53.3 Å². The van der Waals surface area contributed by atoms with E-state index in [1.165, 1.54) is 5.56 Å². The molecule has 0 amide bonds. The molecule has 1 N–H and O–H groups in total. The van der Waals surface area contributed by atoms with Gasteiger partial charge in [0, 0.05) is 29.4 Å². The van der Waals surface area contributed by atoms with Crippen LogP contribution in [0, 0.1) is 13.8 Å². The molecule has 31 heavy (non-hydrogen) atoms.